The number of carbonyl (C=O) groups is 1. The average molecular weight is 224 g/mol. The number of amides is 1. The number of nitriles is 1. The van der Waals surface area contributed by atoms with E-state index in [1.807, 2.05) is 6.07 Å². The summed E-state index contributed by atoms with van der Waals surface area (Å²) in [5.74, 6) is -0.00225. The summed E-state index contributed by atoms with van der Waals surface area (Å²) in [4.78, 5) is 13.7. The average Bonchev–Trinajstić information content (AvgIpc) is 2.23. The van der Waals surface area contributed by atoms with Gasteiger partial charge in [0.05, 0.1) is 19.0 Å². The van der Waals surface area contributed by atoms with E-state index in [0.717, 1.165) is 19.4 Å². The molecule has 0 aromatic rings. The highest BCUT2D eigenvalue weighted by Crippen LogP contribution is 2.14. The second-order valence-electron chi connectivity index (χ2n) is 4.36. The minimum atomic E-state index is -0.00225. The van der Waals surface area contributed by atoms with Crippen molar-refractivity contribution in [3.8, 4) is 6.07 Å². The number of nitrogens with two attached hydrogens (primary N) is 1. The molecule has 0 saturated carbocycles. The van der Waals surface area contributed by atoms with Gasteiger partial charge in [-0.3, -0.25) is 9.69 Å². The Balaban J connectivity index is 2.26. The Bertz CT molecular complexity index is 274. The minimum Gasteiger partial charge on any atom is -0.354 e. The number of hydrogen-bond acceptors (Lipinski definition) is 4. The number of likely N-dealkylation sites (tertiary alicyclic amines) is 1. The third-order valence-electron chi connectivity index (χ3n) is 2.96. The molecule has 1 amide bonds. The molecule has 1 fully saturated rings. The summed E-state index contributed by atoms with van der Waals surface area (Å²) in [6, 6.07) is 2.63. The Morgan fingerprint density at radius 2 is 2.44 bits per heavy atom. The summed E-state index contributed by atoms with van der Waals surface area (Å²) in [5.41, 5.74) is 5.85. The van der Waals surface area contributed by atoms with Gasteiger partial charge in [-0.05, 0) is 19.8 Å². The third-order valence-corrected chi connectivity index (χ3v) is 2.96. The molecule has 16 heavy (non-hydrogen) atoms. The fourth-order valence-electron chi connectivity index (χ4n) is 1.99. The summed E-state index contributed by atoms with van der Waals surface area (Å²) in [6.07, 6.45) is 2.27. The number of carbonyl (C=O) groups excluding carboxylic acids is 1. The molecular weight excluding hydrogens is 204 g/mol. The van der Waals surface area contributed by atoms with Crippen LogP contribution in [-0.2, 0) is 4.79 Å². The predicted octanol–water partition coefficient (Wildman–Crippen LogP) is -0.172. The van der Waals surface area contributed by atoms with Crippen molar-refractivity contribution in [1.82, 2.24) is 10.2 Å². The molecule has 2 unspecified atom stereocenters. The van der Waals surface area contributed by atoms with Gasteiger partial charge in [0, 0.05) is 25.2 Å². The summed E-state index contributed by atoms with van der Waals surface area (Å²) < 4.78 is 0. The summed E-state index contributed by atoms with van der Waals surface area (Å²) in [7, 11) is 0. The van der Waals surface area contributed by atoms with Crippen LogP contribution >= 0.6 is 0 Å². The molecule has 2 atom stereocenters. The fourth-order valence-corrected chi connectivity index (χ4v) is 1.99. The van der Waals surface area contributed by atoms with Crippen LogP contribution in [0.4, 0.5) is 0 Å². The van der Waals surface area contributed by atoms with Crippen LogP contribution in [0.3, 0.4) is 0 Å². The van der Waals surface area contributed by atoms with Crippen LogP contribution in [-0.4, -0.2) is 42.5 Å². The van der Waals surface area contributed by atoms with Crippen LogP contribution < -0.4 is 11.1 Å². The Hall–Kier alpha value is -1.12. The second-order valence-corrected chi connectivity index (χ2v) is 4.36. The van der Waals surface area contributed by atoms with Gasteiger partial charge >= 0.3 is 0 Å². The van der Waals surface area contributed by atoms with Crippen LogP contribution in [0.15, 0.2) is 0 Å². The lowest BCUT2D eigenvalue weighted by Crippen LogP contribution is -2.49. The maximum atomic E-state index is 11.5. The highest BCUT2D eigenvalue weighted by molar-refractivity contribution is 5.78. The van der Waals surface area contributed by atoms with Gasteiger partial charge in [0.1, 0.15) is 0 Å². The normalized spacial score (nSPS) is 26.1. The number of nitrogens with zero attached hydrogens (tertiary/aromatic N) is 2. The molecule has 0 bridgehead atoms. The van der Waals surface area contributed by atoms with E-state index in [2.05, 4.69) is 17.1 Å². The van der Waals surface area contributed by atoms with Crippen molar-refractivity contribution in [2.24, 2.45) is 5.73 Å². The van der Waals surface area contributed by atoms with Gasteiger partial charge in [-0.15, -0.1) is 0 Å². The Morgan fingerprint density at radius 1 is 1.69 bits per heavy atom. The van der Waals surface area contributed by atoms with Gasteiger partial charge in [-0.2, -0.15) is 5.26 Å². The minimum absolute atomic E-state index is 0.00225. The Kier molecular flexibility index (Phi) is 5.23. The van der Waals surface area contributed by atoms with E-state index in [4.69, 9.17) is 11.0 Å². The first kappa shape index (κ1) is 12.9. The third kappa shape index (κ3) is 4.17. The van der Waals surface area contributed by atoms with Crippen molar-refractivity contribution in [3.63, 3.8) is 0 Å². The van der Waals surface area contributed by atoms with Crippen molar-refractivity contribution in [2.45, 2.75) is 38.3 Å². The van der Waals surface area contributed by atoms with Crippen molar-refractivity contribution < 1.29 is 4.79 Å². The highest BCUT2D eigenvalue weighted by atomic mass is 16.2. The zero-order chi connectivity index (χ0) is 12.0. The quantitative estimate of drug-likeness (QED) is 0.649. The van der Waals surface area contributed by atoms with E-state index in [1.54, 1.807) is 0 Å². The molecule has 1 saturated heterocycles. The van der Waals surface area contributed by atoms with Gasteiger partial charge in [0.25, 0.3) is 0 Å². The molecule has 1 aliphatic rings. The van der Waals surface area contributed by atoms with Crippen molar-refractivity contribution in [1.29, 1.82) is 5.26 Å². The van der Waals surface area contributed by atoms with Gasteiger partial charge < -0.3 is 11.1 Å². The van der Waals surface area contributed by atoms with E-state index < -0.39 is 0 Å². The van der Waals surface area contributed by atoms with Crippen LogP contribution in [0.1, 0.15) is 26.2 Å². The van der Waals surface area contributed by atoms with Crippen LogP contribution in [0.2, 0.25) is 0 Å². The van der Waals surface area contributed by atoms with E-state index in [9.17, 15) is 4.79 Å². The molecule has 0 radical (unpaired) electrons. The molecule has 5 heteroatoms. The molecule has 0 aliphatic carbocycles. The molecule has 0 aromatic heterocycles. The smallest absolute Gasteiger partial charge is 0.234 e. The van der Waals surface area contributed by atoms with E-state index in [0.29, 0.717) is 25.6 Å². The van der Waals surface area contributed by atoms with E-state index >= 15 is 0 Å². The molecule has 0 aromatic carbocycles. The van der Waals surface area contributed by atoms with Crippen LogP contribution in [0.25, 0.3) is 0 Å². The van der Waals surface area contributed by atoms with E-state index in [-0.39, 0.29) is 11.9 Å². The Labute approximate surface area is 96.6 Å². The molecule has 1 aliphatic heterocycles. The van der Waals surface area contributed by atoms with Gasteiger partial charge in [-0.1, -0.05) is 0 Å². The molecule has 1 rings (SSSR count). The van der Waals surface area contributed by atoms with Gasteiger partial charge in [0.15, 0.2) is 0 Å². The van der Waals surface area contributed by atoms with Gasteiger partial charge in [-0.25, -0.2) is 0 Å². The molecule has 5 nitrogen and oxygen atoms in total. The monoisotopic (exact) mass is 224 g/mol. The number of piperidine rings is 1. The second kappa shape index (κ2) is 6.46. The molecular formula is C11H20N4O. The molecule has 3 N–H and O–H groups in total. The fraction of sp³-hybridized carbons (Fsp3) is 0.818. The predicted molar refractivity (Wildman–Crippen MR) is 61.5 cm³/mol. The zero-order valence-electron chi connectivity index (χ0n) is 9.78. The first-order chi connectivity index (χ1) is 7.63. The highest BCUT2D eigenvalue weighted by Gasteiger charge is 2.24. The largest absolute Gasteiger partial charge is 0.354 e. The van der Waals surface area contributed by atoms with E-state index in [1.165, 1.54) is 0 Å². The van der Waals surface area contributed by atoms with Gasteiger partial charge in [0.2, 0.25) is 5.91 Å². The van der Waals surface area contributed by atoms with Crippen LogP contribution in [0.5, 0.6) is 0 Å². The maximum absolute atomic E-state index is 11.5. The summed E-state index contributed by atoms with van der Waals surface area (Å²) >= 11 is 0. The lowest BCUT2D eigenvalue weighted by Gasteiger charge is -2.35. The Morgan fingerprint density at radius 3 is 3.06 bits per heavy atom. The molecule has 0 spiro atoms. The van der Waals surface area contributed by atoms with Crippen molar-refractivity contribution in [2.75, 3.05) is 19.6 Å². The number of hydrogen-bond donors (Lipinski definition) is 2. The lowest BCUT2D eigenvalue weighted by atomic mass is 9.99. The SMILES string of the molecule is CC1CC(N)CCN1CC(=O)NCCC#N. The van der Waals surface area contributed by atoms with Crippen LogP contribution in [0, 0.1) is 11.3 Å². The topological polar surface area (TPSA) is 82.2 Å². The van der Waals surface area contributed by atoms with Crippen molar-refractivity contribution >= 4 is 5.91 Å². The summed E-state index contributed by atoms with van der Waals surface area (Å²) in [6.45, 7) is 3.84. The maximum Gasteiger partial charge on any atom is 0.234 e. The first-order valence-electron chi connectivity index (χ1n) is 5.76. The summed E-state index contributed by atoms with van der Waals surface area (Å²) in [5, 5.41) is 11.1. The first-order valence-corrected chi connectivity index (χ1v) is 5.76. The van der Waals surface area contributed by atoms with Crippen molar-refractivity contribution in [3.05, 3.63) is 0 Å². The molecule has 1 heterocycles. The lowest BCUT2D eigenvalue weighted by molar-refractivity contribution is -0.123. The number of nitrogens with one attached hydrogen (secondary N) is 1. The molecule has 90 valence electrons. The number of rotatable bonds is 4. The standard InChI is InChI=1S/C11H20N4O/c1-9-7-10(13)3-6-15(9)8-11(16)14-5-2-4-12/h9-10H,2-3,5-8,13H2,1H3,(H,14,16). The zero-order valence-corrected chi connectivity index (χ0v) is 9.78.